The second-order valence-corrected chi connectivity index (χ2v) is 6.35. The number of ether oxygens (including phenoxy) is 2. The summed E-state index contributed by atoms with van der Waals surface area (Å²) in [6.45, 7) is 4.59. The van der Waals surface area contributed by atoms with Crippen LogP contribution < -0.4 is 20.5 Å². The summed E-state index contributed by atoms with van der Waals surface area (Å²) in [5.41, 5.74) is 7.31. The molecule has 8 nitrogen and oxygen atoms in total. The fourth-order valence-corrected chi connectivity index (χ4v) is 3.03. The highest BCUT2D eigenvalue weighted by atomic mass is 16.6. The van der Waals surface area contributed by atoms with E-state index in [1.54, 1.807) is 0 Å². The number of benzene rings is 2. The van der Waals surface area contributed by atoms with Gasteiger partial charge >= 0.3 is 0 Å². The number of anilines is 1. The van der Waals surface area contributed by atoms with E-state index < -0.39 is 10.8 Å². The Morgan fingerprint density at radius 3 is 2.89 bits per heavy atom. The summed E-state index contributed by atoms with van der Waals surface area (Å²) in [5.74, 6) is 1.05. The fraction of sp³-hybridized carbons (Fsp3) is 0.316. The first-order valence-corrected chi connectivity index (χ1v) is 8.66. The lowest BCUT2D eigenvalue weighted by Gasteiger charge is -2.13. The largest absolute Gasteiger partial charge is 0.494 e. The average Bonchev–Trinajstić information content (AvgIpc) is 2.98. The van der Waals surface area contributed by atoms with Crippen LogP contribution in [0.5, 0.6) is 11.5 Å². The Morgan fingerprint density at radius 2 is 2.19 bits per heavy atom. The van der Waals surface area contributed by atoms with Crippen LogP contribution in [0.15, 0.2) is 30.3 Å². The lowest BCUT2D eigenvalue weighted by molar-refractivity contribution is -0.383. The smallest absolute Gasteiger partial charge is 0.292 e. The van der Waals surface area contributed by atoms with Gasteiger partial charge in [-0.3, -0.25) is 14.9 Å². The van der Waals surface area contributed by atoms with E-state index in [0.29, 0.717) is 12.4 Å². The molecule has 1 aliphatic heterocycles. The maximum absolute atomic E-state index is 12.4. The van der Waals surface area contributed by atoms with Gasteiger partial charge in [0.1, 0.15) is 23.3 Å². The van der Waals surface area contributed by atoms with Crippen LogP contribution in [0.3, 0.4) is 0 Å². The third-order valence-corrected chi connectivity index (χ3v) is 4.31. The standard InChI is InChI=1S/C19H21N3O5/c1-3-26-17-8-13-6-11(2)27-18(13)9-14(17)10-21-19(23)12-4-5-15(20)16(7-12)22(24)25/h4-5,7-9,11H,3,6,10,20H2,1-2H3,(H,21,23). The molecule has 3 rings (SSSR count). The molecule has 8 heteroatoms. The molecular weight excluding hydrogens is 350 g/mol. The van der Waals surface area contributed by atoms with E-state index >= 15 is 0 Å². The van der Waals surface area contributed by atoms with E-state index in [4.69, 9.17) is 15.2 Å². The Morgan fingerprint density at radius 1 is 1.41 bits per heavy atom. The Balaban J connectivity index is 1.78. The summed E-state index contributed by atoms with van der Waals surface area (Å²) in [5, 5.41) is 13.8. The van der Waals surface area contributed by atoms with Gasteiger partial charge in [0.2, 0.25) is 0 Å². The summed E-state index contributed by atoms with van der Waals surface area (Å²) in [4.78, 5) is 22.8. The highest BCUT2D eigenvalue weighted by molar-refractivity contribution is 5.95. The van der Waals surface area contributed by atoms with Gasteiger partial charge in [-0.2, -0.15) is 0 Å². The van der Waals surface area contributed by atoms with Gasteiger partial charge in [0.05, 0.1) is 11.5 Å². The van der Waals surface area contributed by atoms with Crippen LogP contribution >= 0.6 is 0 Å². The van der Waals surface area contributed by atoms with Gasteiger partial charge in [0, 0.05) is 35.7 Å². The number of nitrogens with zero attached hydrogens (tertiary/aromatic N) is 1. The molecule has 27 heavy (non-hydrogen) atoms. The predicted octanol–water partition coefficient (Wildman–Crippen LogP) is 2.83. The van der Waals surface area contributed by atoms with Crippen molar-refractivity contribution >= 4 is 17.3 Å². The van der Waals surface area contributed by atoms with Crippen LogP contribution in [0, 0.1) is 10.1 Å². The Bertz CT molecular complexity index is 897. The molecule has 2 aromatic carbocycles. The highest BCUT2D eigenvalue weighted by Crippen LogP contribution is 2.35. The SMILES string of the molecule is CCOc1cc2c(cc1CNC(=O)c1ccc(N)c([N+](=O)[O-])c1)OC(C)C2. The van der Waals surface area contributed by atoms with Crippen LogP contribution in [0.1, 0.15) is 35.3 Å². The first-order chi connectivity index (χ1) is 12.9. The minimum atomic E-state index is -0.613. The van der Waals surface area contributed by atoms with E-state index in [9.17, 15) is 14.9 Å². The Kier molecular flexibility index (Phi) is 5.16. The van der Waals surface area contributed by atoms with Crippen molar-refractivity contribution in [1.82, 2.24) is 5.32 Å². The number of carbonyl (C=O) groups is 1. The maximum Gasteiger partial charge on any atom is 0.292 e. The average molecular weight is 371 g/mol. The molecule has 0 radical (unpaired) electrons. The maximum atomic E-state index is 12.4. The number of nitro benzene ring substituents is 1. The highest BCUT2D eigenvalue weighted by Gasteiger charge is 2.22. The summed E-state index contributed by atoms with van der Waals surface area (Å²) in [6, 6.07) is 7.78. The summed E-state index contributed by atoms with van der Waals surface area (Å²) in [7, 11) is 0. The monoisotopic (exact) mass is 371 g/mol. The lowest BCUT2D eigenvalue weighted by atomic mass is 10.1. The van der Waals surface area contributed by atoms with Crippen molar-refractivity contribution < 1.29 is 19.2 Å². The number of amides is 1. The van der Waals surface area contributed by atoms with E-state index in [0.717, 1.165) is 23.3 Å². The topological polar surface area (TPSA) is 117 Å². The molecule has 1 aliphatic rings. The second kappa shape index (κ2) is 7.53. The fourth-order valence-electron chi connectivity index (χ4n) is 3.03. The van der Waals surface area contributed by atoms with E-state index in [2.05, 4.69) is 5.32 Å². The third kappa shape index (κ3) is 3.94. The predicted molar refractivity (Wildman–Crippen MR) is 100 cm³/mol. The van der Waals surface area contributed by atoms with Crippen molar-refractivity contribution in [1.29, 1.82) is 0 Å². The van der Waals surface area contributed by atoms with Crippen LogP contribution in [0.2, 0.25) is 0 Å². The Labute approximate surface area is 156 Å². The molecule has 142 valence electrons. The molecule has 0 aliphatic carbocycles. The number of rotatable bonds is 6. The number of nitrogen functional groups attached to an aromatic ring is 1. The van der Waals surface area contributed by atoms with Crippen molar-refractivity contribution in [2.45, 2.75) is 32.9 Å². The summed E-state index contributed by atoms with van der Waals surface area (Å²) >= 11 is 0. The van der Waals surface area contributed by atoms with Crippen molar-refractivity contribution in [2.24, 2.45) is 0 Å². The van der Waals surface area contributed by atoms with Gasteiger partial charge in [-0.15, -0.1) is 0 Å². The molecule has 0 bridgehead atoms. The molecular formula is C19H21N3O5. The molecule has 0 saturated heterocycles. The van der Waals surface area contributed by atoms with Gasteiger partial charge in [-0.1, -0.05) is 0 Å². The molecule has 0 fully saturated rings. The van der Waals surface area contributed by atoms with Crippen molar-refractivity contribution in [3.63, 3.8) is 0 Å². The number of fused-ring (bicyclic) bond motifs is 1. The quantitative estimate of drug-likeness (QED) is 0.458. The Hall–Kier alpha value is -3.29. The second-order valence-electron chi connectivity index (χ2n) is 6.35. The number of nitro groups is 1. The number of hydrogen-bond donors (Lipinski definition) is 2. The van der Waals surface area contributed by atoms with Crippen LogP contribution in [0.4, 0.5) is 11.4 Å². The molecule has 3 N–H and O–H groups in total. The zero-order valence-corrected chi connectivity index (χ0v) is 15.2. The van der Waals surface area contributed by atoms with Crippen LogP contribution in [-0.2, 0) is 13.0 Å². The zero-order valence-electron chi connectivity index (χ0n) is 15.2. The van der Waals surface area contributed by atoms with Crippen molar-refractivity contribution in [2.75, 3.05) is 12.3 Å². The molecule has 0 aromatic heterocycles. The van der Waals surface area contributed by atoms with Gasteiger partial charge in [-0.05, 0) is 38.1 Å². The molecule has 2 aromatic rings. The molecule has 0 saturated carbocycles. The molecule has 0 spiro atoms. The summed E-state index contributed by atoms with van der Waals surface area (Å²) in [6.07, 6.45) is 0.923. The number of nitrogens with one attached hydrogen (secondary N) is 1. The molecule has 1 unspecified atom stereocenters. The van der Waals surface area contributed by atoms with Gasteiger partial charge in [0.25, 0.3) is 11.6 Å². The van der Waals surface area contributed by atoms with E-state index in [-0.39, 0.29) is 29.6 Å². The summed E-state index contributed by atoms with van der Waals surface area (Å²) < 4.78 is 11.5. The number of carbonyl (C=O) groups excluding carboxylic acids is 1. The van der Waals surface area contributed by atoms with Gasteiger partial charge in [0.15, 0.2) is 0 Å². The van der Waals surface area contributed by atoms with E-state index in [1.165, 1.54) is 18.2 Å². The lowest BCUT2D eigenvalue weighted by Crippen LogP contribution is -2.23. The number of nitrogens with two attached hydrogens (primary N) is 1. The van der Waals surface area contributed by atoms with Crippen molar-refractivity contribution in [3.05, 3.63) is 57.1 Å². The number of hydrogen-bond acceptors (Lipinski definition) is 6. The third-order valence-electron chi connectivity index (χ3n) is 4.31. The molecule has 1 atom stereocenters. The van der Waals surface area contributed by atoms with Crippen LogP contribution in [0.25, 0.3) is 0 Å². The minimum Gasteiger partial charge on any atom is -0.494 e. The van der Waals surface area contributed by atoms with E-state index in [1.807, 2.05) is 26.0 Å². The normalized spacial score (nSPS) is 15.0. The van der Waals surface area contributed by atoms with Gasteiger partial charge < -0.3 is 20.5 Å². The first-order valence-electron chi connectivity index (χ1n) is 8.66. The molecule has 1 heterocycles. The zero-order chi connectivity index (χ0) is 19.6. The molecule has 1 amide bonds. The minimum absolute atomic E-state index is 0.0140. The van der Waals surface area contributed by atoms with Crippen LogP contribution in [-0.4, -0.2) is 23.5 Å². The van der Waals surface area contributed by atoms with Gasteiger partial charge in [-0.25, -0.2) is 0 Å². The first kappa shape index (κ1) is 18.5. The van der Waals surface area contributed by atoms with Crippen molar-refractivity contribution in [3.8, 4) is 11.5 Å².